The number of hydrogen-bond donors (Lipinski definition) is 1. The van der Waals surface area contributed by atoms with Gasteiger partial charge >= 0.3 is 6.18 Å². The van der Waals surface area contributed by atoms with E-state index in [-0.39, 0.29) is 0 Å². The Morgan fingerprint density at radius 3 is 2.42 bits per heavy atom. The van der Waals surface area contributed by atoms with Gasteiger partial charge in [0, 0.05) is 0 Å². The van der Waals surface area contributed by atoms with E-state index in [4.69, 9.17) is 0 Å². The van der Waals surface area contributed by atoms with E-state index in [1.807, 2.05) is 5.32 Å². The molecule has 0 fully saturated rings. The molecule has 0 aromatic heterocycles. The highest BCUT2D eigenvalue weighted by Crippen LogP contribution is 2.34. The van der Waals surface area contributed by atoms with Gasteiger partial charge in [-0.15, -0.1) is 0 Å². The zero-order chi connectivity index (χ0) is 14.5. The maximum atomic E-state index is 12.6. The highest BCUT2D eigenvalue weighted by atomic mass is 19.4. The van der Waals surface area contributed by atoms with Crippen molar-refractivity contribution in [3.63, 3.8) is 0 Å². The smallest absolute Gasteiger partial charge is 0.418 e. The van der Waals surface area contributed by atoms with Crippen molar-refractivity contribution >= 4 is 17.6 Å². The summed E-state index contributed by atoms with van der Waals surface area (Å²) in [5, 5.41) is 12.0. The quantitative estimate of drug-likeness (QED) is 0.845. The predicted octanol–water partition coefficient (Wildman–Crippen LogP) is 0.410. The Bertz CT molecular complexity index is 473. The molecule has 8 heteroatoms. The molecular formula is C11H9F3NO4-. The second-order valence-corrected chi connectivity index (χ2v) is 3.46. The molecule has 0 atom stereocenters. The molecule has 0 radical (unpaired) electrons. The second kappa shape index (κ2) is 6.19. The average molecular weight is 276 g/mol. The van der Waals surface area contributed by atoms with Crippen LogP contribution in [0.4, 0.5) is 18.9 Å². The average Bonchev–Trinajstić information content (AvgIpc) is 2.27. The van der Waals surface area contributed by atoms with Gasteiger partial charge in [-0.3, -0.25) is 4.79 Å². The number of halogens is 3. The van der Waals surface area contributed by atoms with Crippen molar-refractivity contribution in [1.82, 2.24) is 0 Å². The fraction of sp³-hybridized carbons (Fsp3) is 0.273. The molecule has 0 saturated carbocycles. The molecule has 1 aromatic rings. The van der Waals surface area contributed by atoms with Crippen molar-refractivity contribution in [3.05, 3.63) is 29.8 Å². The Morgan fingerprint density at radius 2 is 1.84 bits per heavy atom. The molecule has 0 aliphatic rings. The number of nitrogens with one attached hydrogen (secondary N) is 1. The fourth-order valence-corrected chi connectivity index (χ4v) is 1.25. The SMILES string of the molecule is O=C([O-])COCC(=O)Nc1ccccc1C(F)(F)F. The van der Waals surface area contributed by atoms with Gasteiger partial charge in [0.15, 0.2) is 0 Å². The number of benzene rings is 1. The molecule has 0 saturated heterocycles. The molecule has 1 amide bonds. The van der Waals surface area contributed by atoms with E-state index in [2.05, 4.69) is 4.74 Å². The van der Waals surface area contributed by atoms with Gasteiger partial charge in [-0.25, -0.2) is 0 Å². The maximum Gasteiger partial charge on any atom is 0.418 e. The number of carbonyl (C=O) groups is 2. The first kappa shape index (κ1) is 15.0. The van der Waals surface area contributed by atoms with Gasteiger partial charge in [-0.05, 0) is 12.1 Å². The zero-order valence-electron chi connectivity index (χ0n) is 9.49. The number of amides is 1. The van der Waals surface area contributed by atoms with Crippen molar-refractivity contribution in [3.8, 4) is 0 Å². The molecule has 0 aliphatic carbocycles. The van der Waals surface area contributed by atoms with Crippen LogP contribution in [0, 0.1) is 0 Å². The van der Waals surface area contributed by atoms with Crippen LogP contribution in [0.1, 0.15) is 5.56 Å². The largest absolute Gasteiger partial charge is 0.548 e. The minimum Gasteiger partial charge on any atom is -0.548 e. The van der Waals surface area contributed by atoms with E-state index in [1.165, 1.54) is 12.1 Å². The summed E-state index contributed by atoms with van der Waals surface area (Å²) in [6.45, 7) is -1.49. The first-order valence-electron chi connectivity index (χ1n) is 5.04. The summed E-state index contributed by atoms with van der Waals surface area (Å²) in [5.41, 5.74) is -1.42. The predicted molar refractivity (Wildman–Crippen MR) is 55.9 cm³/mol. The lowest BCUT2D eigenvalue weighted by atomic mass is 10.1. The van der Waals surface area contributed by atoms with Gasteiger partial charge in [-0.1, -0.05) is 12.1 Å². The van der Waals surface area contributed by atoms with Crippen LogP contribution in [-0.2, 0) is 20.5 Å². The van der Waals surface area contributed by atoms with Gasteiger partial charge < -0.3 is 20.0 Å². The first-order valence-corrected chi connectivity index (χ1v) is 5.04. The minimum absolute atomic E-state index is 0.419. The third-order valence-corrected chi connectivity index (χ3v) is 1.96. The Morgan fingerprint density at radius 1 is 1.21 bits per heavy atom. The summed E-state index contributed by atoms with van der Waals surface area (Å²) in [7, 11) is 0. The van der Waals surface area contributed by atoms with E-state index in [0.717, 1.165) is 12.1 Å². The number of carboxylic acids is 1. The van der Waals surface area contributed by atoms with Crippen LogP contribution < -0.4 is 10.4 Å². The zero-order valence-corrected chi connectivity index (χ0v) is 9.49. The lowest BCUT2D eigenvalue weighted by molar-refractivity contribution is -0.309. The van der Waals surface area contributed by atoms with Gasteiger partial charge in [-0.2, -0.15) is 13.2 Å². The molecule has 1 aromatic carbocycles. The lowest BCUT2D eigenvalue weighted by Crippen LogP contribution is -2.30. The summed E-state index contributed by atoms with van der Waals surface area (Å²) in [6.07, 6.45) is -4.60. The van der Waals surface area contributed by atoms with Crippen molar-refractivity contribution in [2.45, 2.75) is 6.18 Å². The Balaban J connectivity index is 2.67. The summed E-state index contributed by atoms with van der Waals surface area (Å²) < 4.78 is 42.2. The summed E-state index contributed by atoms with van der Waals surface area (Å²) >= 11 is 0. The van der Waals surface area contributed by atoms with Crippen LogP contribution in [0.3, 0.4) is 0 Å². The minimum atomic E-state index is -4.60. The van der Waals surface area contributed by atoms with Crippen LogP contribution in [-0.4, -0.2) is 25.1 Å². The van der Waals surface area contributed by atoms with Crippen LogP contribution >= 0.6 is 0 Å². The maximum absolute atomic E-state index is 12.6. The van der Waals surface area contributed by atoms with E-state index < -0.39 is 42.5 Å². The third kappa shape index (κ3) is 4.96. The van der Waals surface area contributed by atoms with Crippen LogP contribution in [0.15, 0.2) is 24.3 Å². The number of hydrogen-bond acceptors (Lipinski definition) is 4. The molecule has 0 aliphatic heterocycles. The van der Waals surface area contributed by atoms with Crippen LogP contribution in [0.25, 0.3) is 0 Å². The standard InChI is InChI=1S/C11H10F3NO4/c12-11(13,14)7-3-1-2-4-8(7)15-9(16)5-19-6-10(17)18/h1-4H,5-6H2,(H,15,16)(H,17,18)/p-1. The van der Waals surface area contributed by atoms with Gasteiger partial charge in [0.25, 0.3) is 0 Å². The third-order valence-electron chi connectivity index (χ3n) is 1.96. The molecule has 5 nitrogen and oxygen atoms in total. The van der Waals surface area contributed by atoms with Crippen molar-refractivity contribution < 1.29 is 32.6 Å². The molecule has 19 heavy (non-hydrogen) atoms. The molecule has 104 valence electrons. The van der Waals surface area contributed by atoms with E-state index in [9.17, 15) is 27.9 Å². The molecular weight excluding hydrogens is 267 g/mol. The topological polar surface area (TPSA) is 78.5 Å². The molecule has 0 unspecified atom stereocenters. The van der Waals surface area contributed by atoms with Gasteiger partial charge in [0.05, 0.1) is 23.8 Å². The highest BCUT2D eigenvalue weighted by molar-refractivity contribution is 5.92. The molecule has 1 rings (SSSR count). The number of rotatable bonds is 5. The van der Waals surface area contributed by atoms with Crippen molar-refractivity contribution in [2.75, 3.05) is 18.5 Å². The number of aliphatic carboxylic acids is 1. The van der Waals surface area contributed by atoms with Crippen LogP contribution in [0.2, 0.25) is 0 Å². The first-order chi connectivity index (χ1) is 8.80. The summed E-state index contributed by atoms with van der Waals surface area (Å²) in [5.74, 6) is -2.42. The summed E-state index contributed by atoms with van der Waals surface area (Å²) in [6, 6.07) is 4.41. The summed E-state index contributed by atoms with van der Waals surface area (Å²) in [4.78, 5) is 21.3. The Hall–Kier alpha value is -2.09. The Kier molecular flexibility index (Phi) is 4.87. The highest BCUT2D eigenvalue weighted by Gasteiger charge is 2.33. The van der Waals surface area contributed by atoms with E-state index in [1.54, 1.807) is 0 Å². The van der Waals surface area contributed by atoms with E-state index >= 15 is 0 Å². The molecule has 0 bridgehead atoms. The van der Waals surface area contributed by atoms with Gasteiger partial charge in [0.2, 0.25) is 5.91 Å². The fourth-order valence-electron chi connectivity index (χ4n) is 1.25. The molecule has 0 heterocycles. The Labute approximate surface area is 106 Å². The van der Waals surface area contributed by atoms with E-state index in [0.29, 0.717) is 0 Å². The van der Waals surface area contributed by atoms with Crippen LogP contribution in [0.5, 0.6) is 0 Å². The number of ether oxygens (including phenoxy) is 1. The van der Waals surface area contributed by atoms with Gasteiger partial charge in [0.1, 0.15) is 6.61 Å². The number of para-hydroxylation sites is 1. The monoisotopic (exact) mass is 276 g/mol. The van der Waals surface area contributed by atoms with Crippen molar-refractivity contribution in [1.29, 1.82) is 0 Å². The number of carboxylic acid groups (broad SMARTS) is 1. The molecule has 0 spiro atoms. The second-order valence-electron chi connectivity index (χ2n) is 3.46. The number of carbonyl (C=O) groups excluding carboxylic acids is 2. The van der Waals surface area contributed by atoms with Crippen molar-refractivity contribution in [2.24, 2.45) is 0 Å². The number of alkyl halides is 3. The molecule has 1 N–H and O–H groups in total. The number of anilines is 1. The lowest BCUT2D eigenvalue weighted by Gasteiger charge is -2.13. The normalized spacial score (nSPS) is 11.1.